The Morgan fingerprint density at radius 1 is 0.922 bits per heavy atom. The van der Waals surface area contributed by atoms with Crippen LogP contribution in [0, 0.1) is 16.7 Å². The summed E-state index contributed by atoms with van der Waals surface area (Å²) in [4.78, 5) is 31.2. The molecule has 0 spiro atoms. The van der Waals surface area contributed by atoms with Crippen LogP contribution in [0.4, 0.5) is 5.69 Å². The summed E-state index contributed by atoms with van der Waals surface area (Å²) in [5.74, 6) is -0.658. The van der Waals surface area contributed by atoms with Crippen LogP contribution in [0.15, 0.2) is 108 Å². The van der Waals surface area contributed by atoms with Crippen molar-refractivity contribution in [3.63, 3.8) is 0 Å². The first-order chi connectivity index (χ1) is 24.3. The van der Waals surface area contributed by atoms with Gasteiger partial charge < -0.3 is 15.1 Å². The lowest BCUT2D eigenvalue weighted by molar-refractivity contribution is -0.117. The van der Waals surface area contributed by atoms with E-state index in [1.165, 1.54) is 24.0 Å². The molecule has 262 valence electrons. The minimum Gasteiger partial charge on any atom is -0.436 e. The number of anilines is 1. The van der Waals surface area contributed by atoms with Crippen molar-refractivity contribution in [3.8, 4) is 11.5 Å². The summed E-state index contributed by atoms with van der Waals surface area (Å²) in [6.45, 7) is 6.92. The lowest BCUT2D eigenvalue weighted by Crippen LogP contribution is -2.29. The van der Waals surface area contributed by atoms with Crippen molar-refractivity contribution >= 4 is 44.3 Å². The average Bonchev–Trinajstić information content (AvgIpc) is 3.70. The number of fused-ring (bicyclic) bond motifs is 3. The van der Waals surface area contributed by atoms with Crippen molar-refractivity contribution in [2.24, 2.45) is 16.7 Å². The molecule has 0 radical (unpaired) electrons. The van der Waals surface area contributed by atoms with Crippen LogP contribution in [0.3, 0.4) is 0 Å². The van der Waals surface area contributed by atoms with Crippen molar-refractivity contribution in [2.45, 2.75) is 46.0 Å². The number of hydrogen-bond donors (Lipinski definition) is 3. The second kappa shape index (κ2) is 13.2. The topological polar surface area (TPSA) is 139 Å². The summed E-state index contributed by atoms with van der Waals surface area (Å²) in [6, 6.07) is 30.3. The van der Waals surface area contributed by atoms with E-state index >= 15 is 0 Å². The van der Waals surface area contributed by atoms with E-state index in [-0.39, 0.29) is 23.3 Å². The maximum absolute atomic E-state index is 14.1. The zero-order valence-corrected chi connectivity index (χ0v) is 29.7. The summed E-state index contributed by atoms with van der Waals surface area (Å²) in [5, 5.41) is 5.60. The Balaban J connectivity index is 1.11. The van der Waals surface area contributed by atoms with Crippen LogP contribution in [0.25, 0.3) is 28.1 Å². The van der Waals surface area contributed by atoms with Gasteiger partial charge in [-0.25, -0.2) is 4.98 Å². The Bertz CT molecular complexity index is 2210. The van der Waals surface area contributed by atoms with Gasteiger partial charge in [0, 0.05) is 23.4 Å². The molecule has 51 heavy (non-hydrogen) atoms. The second-order valence-electron chi connectivity index (χ2n) is 14.5. The number of hydrogen-bond acceptors (Lipinski definition) is 6. The highest BCUT2D eigenvalue weighted by Crippen LogP contribution is 2.67. The number of carbonyl (C=O) groups is 2. The average molecular weight is 704 g/mol. The molecule has 0 saturated heterocycles. The van der Waals surface area contributed by atoms with Crippen molar-refractivity contribution in [3.05, 3.63) is 125 Å². The van der Waals surface area contributed by atoms with E-state index in [0.717, 1.165) is 22.2 Å². The van der Waals surface area contributed by atoms with Crippen LogP contribution < -0.4 is 10.6 Å². The molecule has 2 amide bonds. The van der Waals surface area contributed by atoms with Crippen molar-refractivity contribution in [2.75, 3.05) is 17.6 Å². The van der Waals surface area contributed by atoms with Gasteiger partial charge in [-0.3, -0.25) is 14.1 Å². The first kappa shape index (κ1) is 34.4. The summed E-state index contributed by atoms with van der Waals surface area (Å²) in [6.07, 6.45) is 5.22. The Kier molecular flexibility index (Phi) is 8.93. The summed E-state index contributed by atoms with van der Waals surface area (Å²) >= 11 is 0. The second-order valence-corrected chi connectivity index (χ2v) is 16.0. The third-order valence-corrected chi connectivity index (χ3v) is 11.9. The molecule has 1 aromatic heterocycles. The van der Waals surface area contributed by atoms with Gasteiger partial charge in [-0.1, -0.05) is 75.4 Å². The summed E-state index contributed by atoms with van der Waals surface area (Å²) in [7, 11) is -4.18. The van der Waals surface area contributed by atoms with Gasteiger partial charge in [-0.05, 0) is 107 Å². The number of rotatable bonds is 11. The Hall–Kier alpha value is -5.06. The van der Waals surface area contributed by atoms with E-state index in [2.05, 4.69) is 66.7 Å². The van der Waals surface area contributed by atoms with E-state index in [4.69, 9.17) is 8.97 Å². The molecular weight excluding hydrogens is 663 g/mol. The van der Waals surface area contributed by atoms with E-state index in [0.29, 0.717) is 35.1 Å². The fourth-order valence-electron chi connectivity index (χ4n) is 7.71. The van der Waals surface area contributed by atoms with Crippen LogP contribution in [0.1, 0.15) is 66.6 Å². The monoisotopic (exact) mass is 703 g/mol. The van der Waals surface area contributed by atoms with Gasteiger partial charge in [0.1, 0.15) is 5.52 Å². The number of nitrogens with one attached hydrogen (secondary N) is 2. The van der Waals surface area contributed by atoms with Crippen LogP contribution in [-0.4, -0.2) is 42.1 Å². The highest BCUT2D eigenvalue weighted by atomic mass is 32.2. The van der Waals surface area contributed by atoms with E-state index in [9.17, 15) is 18.0 Å². The van der Waals surface area contributed by atoms with Gasteiger partial charge >= 0.3 is 0 Å². The number of oxazole rings is 1. The Morgan fingerprint density at radius 3 is 2.24 bits per heavy atom. The number of nitrogens with zero attached hydrogens (tertiary/aromatic N) is 1. The van der Waals surface area contributed by atoms with Gasteiger partial charge in [-0.2, -0.15) is 8.42 Å². The molecule has 2 unspecified atom stereocenters. The highest BCUT2D eigenvalue weighted by Gasteiger charge is 2.57. The number of para-hydroxylation sites is 2. The highest BCUT2D eigenvalue weighted by molar-refractivity contribution is 7.85. The fraction of sp³-hybridized carbons (Fsp3) is 0.293. The van der Waals surface area contributed by atoms with Crippen LogP contribution >= 0.6 is 0 Å². The summed E-state index contributed by atoms with van der Waals surface area (Å²) in [5.41, 5.74) is 7.89. The first-order valence-electron chi connectivity index (χ1n) is 17.2. The molecule has 9 nitrogen and oxygen atoms in total. The molecule has 4 aromatic carbocycles. The van der Waals surface area contributed by atoms with Crippen LogP contribution in [0.5, 0.6) is 0 Å². The normalized spacial score (nSPS) is 19.8. The van der Waals surface area contributed by atoms with Crippen LogP contribution in [-0.2, 0) is 21.3 Å². The number of allylic oxidation sites excluding steroid dienone is 2. The number of carbonyl (C=O) groups excluding carboxylic acids is 2. The predicted molar refractivity (Wildman–Crippen MR) is 199 cm³/mol. The van der Waals surface area contributed by atoms with Crippen LogP contribution in [0.2, 0.25) is 0 Å². The summed E-state index contributed by atoms with van der Waals surface area (Å²) < 4.78 is 36.9. The Morgan fingerprint density at radius 2 is 1.61 bits per heavy atom. The molecule has 7 rings (SSSR count). The van der Waals surface area contributed by atoms with Gasteiger partial charge in [0.05, 0.1) is 11.7 Å². The third-order valence-electron chi connectivity index (χ3n) is 11.2. The largest absolute Gasteiger partial charge is 0.436 e. The van der Waals surface area contributed by atoms with Crippen molar-refractivity contribution in [1.82, 2.24) is 10.3 Å². The molecule has 2 aliphatic rings. The molecule has 1 saturated carbocycles. The zero-order valence-electron chi connectivity index (χ0n) is 28.8. The maximum Gasteiger partial charge on any atom is 0.266 e. The number of amides is 2. The molecule has 2 bridgehead atoms. The number of aromatic nitrogens is 1. The molecule has 3 N–H and O–H groups in total. The predicted octanol–water partition coefficient (Wildman–Crippen LogP) is 7.92. The molecule has 3 atom stereocenters. The molecular formula is C41H41N3O6S. The lowest BCUT2D eigenvalue weighted by atomic mass is 9.66. The maximum atomic E-state index is 14.1. The van der Waals surface area contributed by atoms with Crippen molar-refractivity contribution < 1.29 is 27.0 Å². The van der Waals surface area contributed by atoms with E-state index in [1.54, 1.807) is 24.3 Å². The van der Waals surface area contributed by atoms with Crippen molar-refractivity contribution in [1.29, 1.82) is 0 Å². The van der Waals surface area contributed by atoms with Gasteiger partial charge in [0.2, 0.25) is 11.8 Å². The SMILES string of the molecule is CC1(C)C2C=C(c3ccc(C(Cc4ccc(C(=O)NCCS(=O)(=O)O)cc4)C(=O)Nc4ccc(-c5nc6ccccc6o5)cc4)cc3)[C@]1(C)CC2. The first-order valence-corrected chi connectivity index (χ1v) is 18.8. The molecule has 5 aromatic rings. The molecule has 0 aliphatic heterocycles. The zero-order chi connectivity index (χ0) is 36.0. The molecule has 1 fully saturated rings. The van der Waals surface area contributed by atoms with Gasteiger partial charge in [0.15, 0.2) is 5.58 Å². The standard InChI is InChI=1S/C41H41N3O6S/c1-40(2)31-20-21-41(40,3)34(25-31)28-14-12-27(13-15-28)33(24-26-8-10-29(11-9-26)37(45)42-22-23-51(47,48)49)38(46)43-32-18-16-30(17-19-32)39-44-35-6-4-5-7-36(35)50-39/h4-19,25,31,33H,20-24H2,1-3H3,(H,42,45)(H,43,46)(H,47,48,49)/t31?,33?,41-/m0/s1. The molecule has 2 aliphatic carbocycles. The minimum absolute atomic E-state index is 0.112. The van der Waals surface area contributed by atoms with E-state index < -0.39 is 27.7 Å². The number of benzene rings is 4. The minimum atomic E-state index is -4.18. The molecule has 1 heterocycles. The van der Waals surface area contributed by atoms with E-state index in [1.807, 2.05) is 48.5 Å². The van der Waals surface area contributed by atoms with Gasteiger partial charge in [-0.15, -0.1) is 0 Å². The molecule has 10 heteroatoms. The quantitative estimate of drug-likeness (QED) is 0.119. The smallest absolute Gasteiger partial charge is 0.266 e. The van der Waals surface area contributed by atoms with Gasteiger partial charge in [0.25, 0.3) is 16.0 Å². The fourth-order valence-corrected chi connectivity index (χ4v) is 8.07. The third kappa shape index (κ3) is 6.86. The Labute approximate surface area is 297 Å². The lowest BCUT2D eigenvalue weighted by Gasteiger charge is -2.37.